The van der Waals surface area contributed by atoms with E-state index in [4.69, 9.17) is 0 Å². The van der Waals surface area contributed by atoms with Crippen LogP contribution in [0, 0.1) is 21.8 Å². The summed E-state index contributed by atoms with van der Waals surface area (Å²) in [5, 5.41) is 13.2. The van der Waals surface area contributed by atoms with E-state index in [0.717, 1.165) is 18.6 Å². The first-order valence-electron chi connectivity index (χ1n) is 6.11. The number of amides is 1. The number of hydrogen-bond donors (Lipinski definition) is 1. The highest BCUT2D eigenvalue weighted by molar-refractivity contribution is 5.94. The first-order chi connectivity index (χ1) is 8.86. The fourth-order valence-corrected chi connectivity index (χ4v) is 1.58. The van der Waals surface area contributed by atoms with Gasteiger partial charge in [0.2, 0.25) is 5.82 Å². The molecule has 0 bridgehead atoms. The van der Waals surface area contributed by atoms with Crippen molar-refractivity contribution in [2.75, 3.05) is 0 Å². The Balaban J connectivity index is 2.84. The predicted molar refractivity (Wildman–Crippen MR) is 69.4 cm³/mol. The molecule has 1 rings (SSSR count). The summed E-state index contributed by atoms with van der Waals surface area (Å²) in [4.78, 5) is 21.5. The minimum absolute atomic E-state index is 0.0456. The van der Waals surface area contributed by atoms with Gasteiger partial charge in [0, 0.05) is 17.7 Å². The second kappa shape index (κ2) is 6.26. The number of benzene rings is 1. The third-order valence-corrected chi connectivity index (χ3v) is 3.26. The van der Waals surface area contributed by atoms with Crippen LogP contribution in [0.1, 0.15) is 37.6 Å². The molecule has 2 unspecified atom stereocenters. The van der Waals surface area contributed by atoms with E-state index in [1.54, 1.807) is 0 Å². The predicted octanol–water partition coefficient (Wildman–Crippen LogP) is 2.90. The summed E-state index contributed by atoms with van der Waals surface area (Å²) in [6.45, 7) is 5.88. The summed E-state index contributed by atoms with van der Waals surface area (Å²) in [5.41, 5.74) is -0.551. The van der Waals surface area contributed by atoms with Gasteiger partial charge in [-0.05, 0) is 25.0 Å². The van der Waals surface area contributed by atoms with Gasteiger partial charge >= 0.3 is 5.69 Å². The molecule has 0 heterocycles. The molecule has 5 nitrogen and oxygen atoms in total. The summed E-state index contributed by atoms with van der Waals surface area (Å²) in [6, 6.07) is 3.09. The van der Waals surface area contributed by atoms with E-state index in [1.165, 1.54) is 6.07 Å². The molecule has 2 atom stereocenters. The van der Waals surface area contributed by atoms with Crippen molar-refractivity contribution < 1.29 is 14.1 Å². The molecule has 0 fully saturated rings. The summed E-state index contributed by atoms with van der Waals surface area (Å²) < 4.78 is 13.4. The van der Waals surface area contributed by atoms with Crippen LogP contribution in [-0.2, 0) is 0 Å². The minimum Gasteiger partial charge on any atom is -0.349 e. The van der Waals surface area contributed by atoms with E-state index in [1.807, 2.05) is 20.8 Å². The lowest BCUT2D eigenvalue weighted by molar-refractivity contribution is -0.387. The number of rotatable bonds is 5. The fourth-order valence-electron chi connectivity index (χ4n) is 1.58. The SMILES string of the molecule is CCC(C)C(C)NC(=O)c1ccc([N+](=O)[O-])c(F)c1. The Bertz CT molecular complexity index is 491. The molecule has 0 aliphatic heterocycles. The van der Waals surface area contributed by atoms with Crippen molar-refractivity contribution in [2.45, 2.75) is 33.2 Å². The Morgan fingerprint density at radius 1 is 1.47 bits per heavy atom. The van der Waals surface area contributed by atoms with Gasteiger partial charge in [-0.1, -0.05) is 20.3 Å². The molecule has 0 aliphatic rings. The van der Waals surface area contributed by atoms with Crippen LogP contribution in [0.15, 0.2) is 18.2 Å². The lowest BCUT2D eigenvalue weighted by atomic mass is 10.0. The zero-order valence-corrected chi connectivity index (χ0v) is 11.1. The maximum atomic E-state index is 13.4. The maximum absolute atomic E-state index is 13.4. The Morgan fingerprint density at radius 3 is 2.58 bits per heavy atom. The number of carbonyl (C=O) groups excluding carboxylic acids is 1. The van der Waals surface area contributed by atoms with Crippen LogP contribution in [0.4, 0.5) is 10.1 Å². The molecular formula is C13H17FN2O3. The smallest absolute Gasteiger partial charge is 0.304 e. The molecule has 1 N–H and O–H groups in total. The molecule has 19 heavy (non-hydrogen) atoms. The van der Waals surface area contributed by atoms with Crippen molar-refractivity contribution in [1.29, 1.82) is 0 Å². The number of halogens is 1. The summed E-state index contributed by atoms with van der Waals surface area (Å²) in [7, 11) is 0. The largest absolute Gasteiger partial charge is 0.349 e. The quantitative estimate of drug-likeness (QED) is 0.659. The number of carbonyl (C=O) groups is 1. The van der Waals surface area contributed by atoms with Crippen molar-refractivity contribution in [2.24, 2.45) is 5.92 Å². The molecule has 104 valence electrons. The fraction of sp³-hybridized carbons (Fsp3) is 0.462. The van der Waals surface area contributed by atoms with Gasteiger partial charge in [0.05, 0.1) is 4.92 Å². The number of nitro groups is 1. The van der Waals surface area contributed by atoms with Gasteiger partial charge in [-0.15, -0.1) is 0 Å². The summed E-state index contributed by atoms with van der Waals surface area (Å²) >= 11 is 0. The van der Waals surface area contributed by atoms with E-state index in [0.29, 0.717) is 5.92 Å². The number of nitrogens with zero attached hydrogens (tertiary/aromatic N) is 1. The highest BCUT2D eigenvalue weighted by atomic mass is 19.1. The molecule has 0 saturated heterocycles. The van der Waals surface area contributed by atoms with E-state index < -0.39 is 22.3 Å². The number of hydrogen-bond acceptors (Lipinski definition) is 3. The van der Waals surface area contributed by atoms with Gasteiger partial charge in [-0.2, -0.15) is 4.39 Å². The molecule has 0 aromatic heterocycles. The highest BCUT2D eigenvalue weighted by Crippen LogP contribution is 2.18. The van der Waals surface area contributed by atoms with Crippen LogP contribution in [0.25, 0.3) is 0 Å². The van der Waals surface area contributed by atoms with E-state index in [-0.39, 0.29) is 11.6 Å². The average Bonchev–Trinajstić information content (AvgIpc) is 2.36. The van der Waals surface area contributed by atoms with Gasteiger partial charge < -0.3 is 5.32 Å². The van der Waals surface area contributed by atoms with Crippen LogP contribution in [0.5, 0.6) is 0 Å². The van der Waals surface area contributed by atoms with E-state index >= 15 is 0 Å². The molecular weight excluding hydrogens is 251 g/mol. The average molecular weight is 268 g/mol. The normalized spacial score (nSPS) is 13.7. The highest BCUT2D eigenvalue weighted by Gasteiger charge is 2.18. The van der Waals surface area contributed by atoms with Crippen LogP contribution in [0.3, 0.4) is 0 Å². The van der Waals surface area contributed by atoms with Gasteiger partial charge in [0.1, 0.15) is 0 Å². The van der Waals surface area contributed by atoms with Crippen LogP contribution < -0.4 is 5.32 Å². The lowest BCUT2D eigenvalue weighted by Gasteiger charge is -2.19. The van der Waals surface area contributed by atoms with Crippen LogP contribution in [0.2, 0.25) is 0 Å². The zero-order chi connectivity index (χ0) is 14.6. The molecule has 1 aromatic rings. The third kappa shape index (κ3) is 3.74. The van der Waals surface area contributed by atoms with E-state index in [9.17, 15) is 19.3 Å². The zero-order valence-electron chi connectivity index (χ0n) is 11.1. The second-order valence-electron chi connectivity index (χ2n) is 4.57. The topological polar surface area (TPSA) is 72.2 Å². The van der Waals surface area contributed by atoms with Crippen molar-refractivity contribution in [3.05, 3.63) is 39.7 Å². The molecule has 0 spiro atoms. The molecule has 0 aliphatic carbocycles. The summed E-state index contributed by atoms with van der Waals surface area (Å²) in [5.74, 6) is -1.14. The van der Waals surface area contributed by atoms with Crippen molar-refractivity contribution in [3.63, 3.8) is 0 Å². The van der Waals surface area contributed by atoms with Gasteiger partial charge in [-0.3, -0.25) is 14.9 Å². The number of nitrogens with one attached hydrogen (secondary N) is 1. The maximum Gasteiger partial charge on any atom is 0.304 e. The molecule has 6 heteroatoms. The second-order valence-corrected chi connectivity index (χ2v) is 4.57. The van der Waals surface area contributed by atoms with Gasteiger partial charge in [0.25, 0.3) is 5.91 Å². The van der Waals surface area contributed by atoms with Crippen molar-refractivity contribution in [1.82, 2.24) is 5.32 Å². The Labute approximate surface area is 111 Å². The molecule has 0 radical (unpaired) electrons. The molecule has 1 amide bonds. The first kappa shape index (κ1) is 15.1. The van der Waals surface area contributed by atoms with Gasteiger partial charge in [-0.25, -0.2) is 0 Å². The van der Waals surface area contributed by atoms with Gasteiger partial charge in [0.15, 0.2) is 0 Å². The summed E-state index contributed by atoms with van der Waals surface area (Å²) in [6.07, 6.45) is 0.913. The standard InChI is InChI=1S/C13H17FN2O3/c1-4-8(2)9(3)15-13(17)10-5-6-12(16(18)19)11(14)7-10/h5-9H,4H2,1-3H3,(H,15,17). The monoisotopic (exact) mass is 268 g/mol. The Hall–Kier alpha value is -1.98. The number of nitro benzene ring substituents is 1. The van der Waals surface area contributed by atoms with E-state index in [2.05, 4.69) is 5.32 Å². The minimum atomic E-state index is -1.01. The Morgan fingerprint density at radius 2 is 2.11 bits per heavy atom. The Kier molecular flexibility index (Phi) is 4.97. The molecule has 0 saturated carbocycles. The first-order valence-corrected chi connectivity index (χ1v) is 6.11. The van der Waals surface area contributed by atoms with Crippen molar-refractivity contribution in [3.8, 4) is 0 Å². The van der Waals surface area contributed by atoms with Crippen LogP contribution in [-0.4, -0.2) is 16.9 Å². The third-order valence-electron chi connectivity index (χ3n) is 3.26. The molecule has 1 aromatic carbocycles. The lowest BCUT2D eigenvalue weighted by Crippen LogP contribution is -2.36. The van der Waals surface area contributed by atoms with Crippen LogP contribution >= 0.6 is 0 Å². The van der Waals surface area contributed by atoms with Crippen molar-refractivity contribution >= 4 is 11.6 Å².